The van der Waals surface area contributed by atoms with E-state index in [1.807, 2.05) is 29.2 Å². The maximum Gasteiger partial charge on any atom is 0.226 e. The number of tetrazole rings is 1. The van der Waals surface area contributed by atoms with Crippen LogP contribution in [0, 0.1) is 0 Å². The average molecular weight is 358 g/mol. The number of hydrogen-bond acceptors (Lipinski definition) is 6. The zero-order valence-electron chi connectivity index (χ0n) is 15.6. The minimum absolute atomic E-state index is 0.145. The Morgan fingerprint density at radius 2 is 1.92 bits per heavy atom. The zero-order valence-corrected chi connectivity index (χ0v) is 15.6. The lowest BCUT2D eigenvalue weighted by Gasteiger charge is -2.42. The van der Waals surface area contributed by atoms with Gasteiger partial charge in [-0.25, -0.2) is 4.68 Å². The van der Waals surface area contributed by atoms with Gasteiger partial charge in [-0.1, -0.05) is 12.1 Å². The van der Waals surface area contributed by atoms with E-state index >= 15 is 0 Å². The number of benzene rings is 1. The van der Waals surface area contributed by atoms with E-state index in [1.54, 1.807) is 18.1 Å². The first-order chi connectivity index (χ1) is 12.5. The highest BCUT2D eigenvalue weighted by Crippen LogP contribution is 2.27. The number of carbonyl (C=O) groups is 1. The molecule has 1 aromatic heterocycles. The number of piperidine rings is 1. The molecule has 8 nitrogen and oxygen atoms in total. The minimum Gasteiger partial charge on any atom is -0.377 e. The highest BCUT2D eigenvalue weighted by atomic mass is 16.5. The number of methoxy groups -OCH3 is 1. The van der Waals surface area contributed by atoms with Crippen molar-refractivity contribution in [1.29, 1.82) is 0 Å². The summed E-state index contributed by atoms with van der Waals surface area (Å²) < 4.78 is 7.38. The first-order valence-electron chi connectivity index (χ1n) is 8.81. The third kappa shape index (κ3) is 4.25. The van der Waals surface area contributed by atoms with Gasteiger partial charge in [0.1, 0.15) is 6.33 Å². The molecule has 0 aliphatic carbocycles. The molecule has 2 heterocycles. The number of rotatable bonds is 6. The lowest BCUT2D eigenvalue weighted by atomic mass is 9.90. The number of ether oxygens (including phenoxy) is 1. The van der Waals surface area contributed by atoms with Gasteiger partial charge in [0.25, 0.3) is 0 Å². The van der Waals surface area contributed by atoms with Gasteiger partial charge >= 0.3 is 0 Å². The number of carbonyl (C=O) groups excluding carboxylic acids is 1. The van der Waals surface area contributed by atoms with Crippen LogP contribution in [0.2, 0.25) is 0 Å². The molecule has 1 amide bonds. The normalized spacial score (nSPS) is 16.8. The quantitative estimate of drug-likeness (QED) is 0.759. The van der Waals surface area contributed by atoms with Crippen LogP contribution in [0.1, 0.15) is 18.4 Å². The van der Waals surface area contributed by atoms with Crippen molar-refractivity contribution in [1.82, 2.24) is 30.0 Å². The van der Waals surface area contributed by atoms with Gasteiger partial charge in [-0.3, -0.25) is 4.79 Å². The third-order valence-electron chi connectivity index (χ3n) is 4.97. The maximum absolute atomic E-state index is 12.6. The van der Waals surface area contributed by atoms with E-state index in [2.05, 4.69) is 34.5 Å². The summed E-state index contributed by atoms with van der Waals surface area (Å²) in [5.74, 6) is 0.162. The summed E-state index contributed by atoms with van der Waals surface area (Å²) in [5, 5.41) is 11.1. The Balaban J connectivity index is 1.56. The van der Waals surface area contributed by atoms with Crippen LogP contribution in [-0.2, 0) is 16.0 Å². The van der Waals surface area contributed by atoms with Crippen LogP contribution in [0.5, 0.6) is 0 Å². The second-order valence-electron chi connectivity index (χ2n) is 7.10. The van der Waals surface area contributed by atoms with Crippen molar-refractivity contribution >= 4 is 5.91 Å². The smallest absolute Gasteiger partial charge is 0.226 e. The van der Waals surface area contributed by atoms with E-state index < -0.39 is 0 Å². The molecule has 1 saturated heterocycles. The minimum atomic E-state index is -0.145. The van der Waals surface area contributed by atoms with Crippen molar-refractivity contribution in [3.63, 3.8) is 0 Å². The molecular formula is C18H26N6O2. The number of aromatic nitrogens is 4. The van der Waals surface area contributed by atoms with Crippen LogP contribution in [0.3, 0.4) is 0 Å². The molecule has 1 aliphatic heterocycles. The van der Waals surface area contributed by atoms with Gasteiger partial charge in [0.05, 0.1) is 17.7 Å². The van der Waals surface area contributed by atoms with Gasteiger partial charge < -0.3 is 14.5 Å². The Kier molecular flexibility index (Phi) is 5.63. The number of amides is 1. The molecule has 140 valence electrons. The Labute approximate surface area is 153 Å². The fourth-order valence-electron chi connectivity index (χ4n) is 3.50. The molecule has 26 heavy (non-hydrogen) atoms. The molecule has 3 rings (SSSR count). The SMILES string of the molecule is COC1(CN(C)C)CCN(C(=O)Cc2ccc(-n3cnnn3)cc2)CC1. The van der Waals surface area contributed by atoms with Crippen LogP contribution >= 0.6 is 0 Å². The summed E-state index contributed by atoms with van der Waals surface area (Å²) in [6.45, 7) is 2.36. The fraction of sp³-hybridized carbons (Fsp3) is 0.556. The topological polar surface area (TPSA) is 76.4 Å². The number of hydrogen-bond donors (Lipinski definition) is 0. The highest BCUT2D eigenvalue weighted by molar-refractivity contribution is 5.79. The molecule has 1 aromatic carbocycles. The summed E-state index contributed by atoms with van der Waals surface area (Å²) in [5.41, 5.74) is 1.72. The van der Waals surface area contributed by atoms with Crippen molar-refractivity contribution < 1.29 is 9.53 Å². The Hall–Kier alpha value is -2.32. The van der Waals surface area contributed by atoms with E-state index in [0.717, 1.165) is 43.7 Å². The maximum atomic E-state index is 12.6. The standard InChI is InChI=1S/C18H26N6O2/c1-22(2)13-18(26-3)8-10-23(11-9-18)17(25)12-15-4-6-16(7-5-15)24-14-19-20-21-24/h4-7,14H,8-13H2,1-3H3. The summed E-state index contributed by atoms with van der Waals surface area (Å²) >= 11 is 0. The van der Waals surface area contributed by atoms with Crippen molar-refractivity contribution in [3.05, 3.63) is 36.2 Å². The van der Waals surface area contributed by atoms with Crippen LogP contribution in [0.4, 0.5) is 0 Å². The second-order valence-corrected chi connectivity index (χ2v) is 7.10. The molecular weight excluding hydrogens is 332 g/mol. The van der Waals surface area contributed by atoms with E-state index in [-0.39, 0.29) is 11.5 Å². The molecule has 0 spiro atoms. The van der Waals surface area contributed by atoms with Crippen LogP contribution in [0.25, 0.3) is 5.69 Å². The van der Waals surface area contributed by atoms with E-state index in [9.17, 15) is 4.79 Å². The van der Waals surface area contributed by atoms with Gasteiger partial charge in [-0.2, -0.15) is 0 Å². The lowest BCUT2D eigenvalue weighted by molar-refractivity contribution is -0.136. The predicted molar refractivity (Wildman–Crippen MR) is 97.0 cm³/mol. The van der Waals surface area contributed by atoms with Gasteiger partial charge in [0, 0.05) is 26.7 Å². The summed E-state index contributed by atoms with van der Waals surface area (Å²) in [7, 11) is 5.88. The number of likely N-dealkylation sites (N-methyl/N-ethyl adjacent to an activating group) is 1. The van der Waals surface area contributed by atoms with E-state index in [0.29, 0.717) is 6.42 Å². The second kappa shape index (κ2) is 7.92. The largest absolute Gasteiger partial charge is 0.377 e. The van der Waals surface area contributed by atoms with Crippen molar-refractivity contribution in [3.8, 4) is 5.69 Å². The van der Waals surface area contributed by atoms with Crippen LogP contribution < -0.4 is 0 Å². The molecule has 0 radical (unpaired) electrons. The van der Waals surface area contributed by atoms with Crippen LogP contribution in [-0.4, -0.2) is 82.4 Å². The first kappa shape index (κ1) is 18.5. The Bertz CT molecular complexity index is 706. The molecule has 0 N–H and O–H groups in total. The lowest BCUT2D eigenvalue weighted by Crippen LogP contribution is -2.52. The number of likely N-dealkylation sites (tertiary alicyclic amines) is 1. The third-order valence-corrected chi connectivity index (χ3v) is 4.97. The van der Waals surface area contributed by atoms with E-state index in [4.69, 9.17) is 4.74 Å². The highest BCUT2D eigenvalue weighted by Gasteiger charge is 2.36. The summed E-state index contributed by atoms with van der Waals surface area (Å²) in [4.78, 5) is 16.7. The predicted octanol–water partition coefficient (Wildman–Crippen LogP) is 0.774. The molecule has 1 fully saturated rings. The average Bonchev–Trinajstić information content (AvgIpc) is 3.17. The number of nitrogens with zero attached hydrogens (tertiary/aromatic N) is 6. The summed E-state index contributed by atoms with van der Waals surface area (Å²) in [6.07, 6.45) is 3.69. The van der Waals surface area contributed by atoms with Gasteiger partial charge in [-0.05, 0) is 55.1 Å². The van der Waals surface area contributed by atoms with Gasteiger partial charge in [0.2, 0.25) is 5.91 Å². The zero-order chi connectivity index (χ0) is 18.6. The Morgan fingerprint density at radius 3 is 2.46 bits per heavy atom. The molecule has 0 saturated carbocycles. The van der Waals surface area contributed by atoms with Crippen molar-refractivity contribution in [2.24, 2.45) is 0 Å². The Morgan fingerprint density at radius 1 is 1.23 bits per heavy atom. The van der Waals surface area contributed by atoms with E-state index in [1.165, 1.54) is 0 Å². The summed E-state index contributed by atoms with van der Waals surface area (Å²) in [6, 6.07) is 7.74. The molecule has 1 aliphatic rings. The van der Waals surface area contributed by atoms with Crippen molar-refractivity contribution in [2.75, 3.05) is 40.8 Å². The van der Waals surface area contributed by atoms with Gasteiger partial charge in [0.15, 0.2) is 0 Å². The molecule has 2 aromatic rings. The van der Waals surface area contributed by atoms with Gasteiger partial charge in [-0.15, -0.1) is 5.10 Å². The fourth-order valence-corrected chi connectivity index (χ4v) is 3.50. The first-order valence-corrected chi connectivity index (χ1v) is 8.81. The van der Waals surface area contributed by atoms with Crippen LogP contribution in [0.15, 0.2) is 30.6 Å². The van der Waals surface area contributed by atoms with Crippen molar-refractivity contribution in [2.45, 2.75) is 24.9 Å². The molecule has 0 atom stereocenters. The molecule has 0 unspecified atom stereocenters. The molecule has 0 bridgehead atoms. The monoisotopic (exact) mass is 358 g/mol. The molecule has 8 heteroatoms.